The number of benzene rings is 4. The SMILES string of the molecule is CC(C)(C)C(O)=CC(=O)C(F)(F)C(F)(F)C(F)(F)F.CC(C)(C)C(O)=CC(=O)C(F)(F)C(F)(F)C(F)(F)F.[Zr+2].c1ccc2c(c1)-c1nc-2nc2[n-]c(nc3nc(nc4[n-]c(n1)c1ccccc41)-c1ccccc1-3)c1ccccc21. The Hall–Kier alpha value is -7.44. The molecule has 0 saturated heterocycles. The first-order valence-electron chi connectivity index (χ1n) is 22.5. The fraction of sp³-hybridized carbons (Fsp3) is 0.269. The molecule has 7 aromatic rings. The molecule has 2 aliphatic rings. The van der Waals surface area contributed by atoms with Crippen LogP contribution in [0.15, 0.2) is 121 Å². The number of aliphatic hydroxyl groups excluding tert-OH is 2. The van der Waals surface area contributed by atoms with Gasteiger partial charge in [0.05, 0.1) is 23.3 Å². The van der Waals surface area contributed by atoms with Gasteiger partial charge in [0.15, 0.2) is 0 Å². The topological polar surface area (TPSA) is 180 Å². The van der Waals surface area contributed by atoms with Gasteiger partial charge in [0, 0.05) is 67.8 Å². The van der Waals surface area contributed by atoms with E-state index in [9.17, 15) is 71.1 Å². The van der Waals surface area contributed by atoms with Gasteiger partial charge in [-0.25, -0.2) is 9.97 Å². The minimum atomic E-state index is -6.59. The molecular weight excluding hydrogens is 1160 g/mol. The number of carbonyl (C=O) groups excluding carboxylic acids is 2. The molecule has 9 rings (SSSR count). The van der Waals surface area contributed by atoms with E-state index < -0.39 is 70.0 Å². The van der Waals surface area contributed by atoms with Crippen LogP contribution in [0.5, 0.6) is 0 Å². The number of allylic oxidation sites excluding steroid dienone is 4. The van der Waals surface area contributed by atoms with Crippen LogP contribution in [0.2, 0.25) is 0 Å². The molecule has 27 heteroatoms. The third-order valence-electron chi connectivity index (χ3n) is 11.5. The second-order valence-electron chi connectivity index (χ2n) is 19.2. The summed E-state index contributed by atoms with van der Waals surface area (Å²) in [7, 11) is 0. The number of carbonyl (C=O) groups is 2. The first kappa shape index (κ1) is 60.8. The molecule has 3 aromatic heterocycles. The molecule has 0 spiro atoms. The minimum absolute atomic E-state index is 0. The van der Waals surface area contributed by atoms with Crippen molar-refractivity contribution in [3.05, 3.63) is 121 Å². The summed E-state index contributed by atoms with van der Waals surface area (Å²) in [5, 5.41) is 21.9. The summed E-state index contributed by atoms with van der Waals surface area (Å²) in [4.78, 5) is 61.0. The average Bonchev–Trinajstić information content (AvgIpc) is 4.17. The molecule has 0 fully saturated rings. The van der Waals surface area contributed by atoms with Crippen LogP contribution in [0.1, 0.15) is 41.5 Å². The van der Waals surface area contributed by atoms with Crippen LogP contribution in [0.3, 0.4) is 0 Å². The maximum atomic E-state index is 12.9. The number of aliphatic hydroxyl groups is 2. The monoisotopic (exact) mass is 1190 g/mol. The number of halogens is 14. The van der Waals surface area contributed by atoms with Crippen molar-refractivity contribution in [1.29, 1.82) is 0 Å². The molecule has 0 aliphatic carbocycles. The Morgan fingerprint density at radius 3 is 0.810 bits per heavy atom. The largest absolute Gasteiger partial charge is 2.00 e. The molecule has 412 valence electrons. The summed E-state index contributed by atoms with van der Waals surface area (Å²) in [6.45, 7) is 7.45. The van der Waals surface area contributed by atoms with Crippen LogP contribution in [-0.4, -0.2) is 87.7 Å². The molecule has 0 atom stereocenters. The Morgan fingerprint density at radius 1 is 0.392 bits per heavy atom. The molecule has 0 unspecified atom stereocenters. The van der Waals surface area contributed by atoms with Crippen molar-refractivity contribution in [2.45, 2.75) is 77.6 Å². The van der Waals surface area contributed by atoms with Gasteiger partial charge in [-0.3, -0.25) is 9.59 Å². The maximum absolute atomic E-state index is 12.9. The summed E-state index contributed by atoms with van der Waals surface area (Å²) in [5.41, 5.74) is 3.28. The number of fused-ring (bicyclic) bond motifs is 20. The van der Waals surface area contributed by atoms with E-state index in [1.54, 1.807) is 0 Å². The van der Waals surface area contributed by atoms with Gasteiger partial charge in [-0.15, -0.1) is 0 Å². The number of hydrogen-bond acceptors (Lipinski definition) is 10. The second-order valence-corrected chi connectivity index (χ2v) is 19.2. The van der Waals surface area contributed by atoms with Crippen molar-refractivity contribution in [2.24, 2.45) is 10.8 Å². The zero-order valence-corrected chi connectivity index (χ0v) is 43.9. The normalized spacial score (nSPS) is 13.6. The molecule has 8 bridgehead atoms. The van der Waals surface area contributed by atoms with E-state index in [0.29, 0.717) is 45.9 Å². The first-order chi connectivity index (χ1) is 35.9. The molecule has 79 heavy (non-hydrogen) atoms. The summed E-state index contributed by atoms with van der Waals surface area (Å²) in [6.07, 6.45) is -13.8. The van der Waals surface area contributed by atoms with Gasteiger partial charge in [-0.2, -0.15) is 61.5 Å². The van der Waals surface area contributed by atoms with Crippen molar-refractivity contribution >= 4 is 55.7 Å². The smallest absolute Gasteiger partial charge is 0.512 e. The molecule has 2 N–H and O–H groups in total. The van der Waals surface area contributed by atoms with Crippen molar-refractivity contribution in [2.75, 3.05) is 0 Å². The van der Waals surface area contributed by atoms with Gasteiger partial charge in [0.1, 0.15) is 11.5 Å². The summed E-state index contributed by atoms with van der Waals surface area (Å²) in [5.74, 6) is -30.5. The van der Waals surface area contributed by atoms with E-state index in [1.165, 1.54) is 41.5 Å². The Kier molecular flexibility index (Phi) is 16.4. The fourth-order valence-electron chi connectivity index (χ4n) is 6.99. The number of alkyl halides is 14. The predicted octanol–water partition coefficient (Wildman–Crippen LogP) is 13.9. The number of hydrogen-bond donors (Lipinski definition) is 2. The standard InChI is InChI=1S/C32H16N8.2C10H11F7O2.Zr/c1-2-10-18-17(9-1)25-33-26(18)38-28-21-13-5-6-14-22(21)30(35-28)40-32-24-16-8-7-15-23(24)31(36-32)39-29-20-12-4-3-11-19(20)27(34-29)37-25;2*1-7(2,3)5(18)4-6(19)8(11,12)9(13,14)10(15,16)17;/h1-16H;2*4,18H,1-3H3;/q-2;;;+2. The van der Waals surface area contributed by atoms with E-state index in [4.69, 9.17) is 50.1 Å². The number of aromatic nitrogens is 8. The van der Waals surface area contributed by atoms with Crippen molar-refractivity contribution in [3.63, 3.8) is 0 Å². The molecule has 5 heterocycles. The molecule has 0 amide bonds. The molecular formula is C52H38F14N8O4Zr. The Bertz CT molecular complexity index is 3350. The quantitative estimate of drug-likeness (QED) is 0.0915. The summed E-state index contributed by atoms with van der Waals surface area (Å²) in [6, 6.07) is 31.8. The fourth-order valence-corrected chi connectivity index (χ4v) is 6.99. The molecule has 0 saturated carbocycles. The third kappa shape index (κ3) is 11.7. The van der Waals surface area contributed by atoms with Gasteiger partial charge in [0.25, 0.3) is 0 Å². The van der Waals surface area contributed by atoms with Crippen LogP contribution >= 0.6 is 0 Å². The first-order valence-corrected chi connectivity index (χ1v) is 22.5. The van der Waals surface area contributed by atoms with E-state index >= 15 is 0 Å². The van der Waals surface area contributed by atoms with Gasteiger partial charge < -0.3 is 40.1 Å². The maximum Gasteiger partial charge on any atom is 2.00 e. The van der Waals surface area contributed by atoms with Crippen LogP contribution in [-0.2, 0) is 35.8 Å². The van der Waals surface area contributed by atoms with Gasteiger partial charge in [-0.05, 0) is 21.5 Å². The number of nitrogens with zero attached hydrogens (tertiary/aromatic N) is 8. The van der Waals surface area contributed by atoms with Crippen LogP contribution < -0.4 is 9.97 Å². The Balaban J connectivity index is 0.000000220. The Morgan fingerprint density at radius 2 is 0.608 bits per heavy atom. The Labute approximate surface area is 455 Å². The van der Waals surface area contributed by atoms with Crippen molar-refractivity contribution in [3.8, 4) is 45.6 Å². The van der Waals surface area contributed by atoms with E-state index in [2.05, 4.69) is 0 Å². The third-order valence-corrected chi connectivity index (χ3v) is 11.5. The van der Waals surface area contributed by atoms with E-state index in [1.807, 2.05) is 97.1 Å². The van der Waals surface area contributed by atoms with Gasteiger partial charge >= 0.3 is 62.2 Å². The number of ketones is 2. The molecule has 4 aromatic carbocycles. The van der Waals surface area contributed by atoms with Crippen molar-refractivity contribution in [1.82, 2.24) is 39.9 Å². The summed E-state index contributed by atoms with van der Waals surface area (Å²) >= 11 is 0. The van der Waals surface area contributed by atoms with Gasteiger partial charge in [0.2, 0.25) is 11.6 Å². The van der Waals surface area contributed by atoms with Gasteiger partial charge in [-0.1, -0.05) is 139 Å². The second kappa shape index (κ2) is 21.3. The molecule has 12 nitrogen and oxygen atoms in total. The molecule has 2 aliphatic heterocycles. The average molecular weight is 1200 g/mol. The zero-order valence-electron chi connectivity index (χ0n) is 41.5. The molecule has 0 radical (unpaired) electrons. The number of rotatable bonds is 6. The minimum Gasteiger partial charge on any atom is -0.512 e. The zero-order chi connectivity index (χ0) is 57.9. The van der Waals surface area contributed by atoms with Crippen LogP contribution in [0.4, 0.5) is 61.5 Å². The van der Waals surface area contributed by atoms with E-state index in [-0.39, 0.29) is 38.4 Å². The predicted molar refractivity (Wildman–Crippen MR) is 256 cm³/mol. The van der Waals surface area contributed by atoms with E-state index in [0.717, 1.165) is 43.8 Å². The van der Waals surface area contributed by atoms with Crippen LogP contribution in [0.25, 0.3) is 89.7 Å². The summed E-state index contributed by atoms with van der Waals surface area (Å²) < 4.78 is 172. The van der Waals surface area contributed by atoms with Crippen molar-refractivity contribution < 1.29 is 107 Å². The van der Waals surface area contributed by atoms with Crippen LogP contribution in [0, 0.1) is 10.8 Å².